The summed E-state index contributed by atoms with van der Waals surface area (Å²) in [7, 11) is 0. The molecule has 138 valence electrons. The maximum Gasteiger partial charge on any atom is 0.240 e. The lowest BCUT2D eigenvalue weighted by Crippen LogP contribution is -2.28. The first-order valence-corrected chi connectivity index (χ1v) is 9.54. The number of nitrogens with one attached hydrogen (secondary N) is 2. The van der Waals surface area contributed by atoms with Crippen molar-refractivity contribution in [2.45, 2.75) is 11.7 Å². The number of nitrogens with zero attached hydrogens (tertiary/aromatic N) is 2. The first-order valence-electron chi connectivity index (χ1n) is 7.90. The molecule has 2 amide bonds. The van der Waals surface area contributed by atoms with E-state index in [1.807, 2.05) is 18.2 Å². The normalized spacial score (nSPS) is 18.1. The zero-order valence-electron chi connectivity index (χ0n) is 13.9. The van der Waals surface area contributed by atoms with Crippen LogP contribution in [0.5, 0.6) is 0 Å². The molecule has 9 heteroatoms. The molecular weight excluding hydrogens is 407 g/mol. The number of carbonyl (C=O) groups is 2. The first-order chi connectivity index (χ1) is 13.0. The average Bonchev–Trinajstić information content (AvgIpc) is 2.99. The third-order valence-electron chi connectivity index (χ3n) is 3.53. The Bertz CT molecular complexity index is 919. The van der Waals surface area contributed by atoms with Gasteiger partial charge in [0.05, 0.1) is 16.3 Å². The van der Waals surface area contributed by atoms with Crippen LogP contribution in [-0.4, -0.2) is 28.4 Å². The molecule has 0 spiro atoms. The standard InChI is InChI=1S/C18H14Cl2N4O2S/c19-13-8-4-5-11(16(13)20)10-21-24-18-23-17(26)14(27-18)9-15(25)22-12-6-2-1-3-7-12/h1-8,10,14H,9H2,(H,22,25)(H,23,24,26)/b21-10-/t14-/m1/s1. The molecule has 27 heavy (non-hydrogen) atoms. The molecule has 0 radical (unpaired) electrons. The van der Waals surface area contributed by atoms with Gasteiger partial charge in [0.15, 0.2) is 5.17 Å². The van der Waals surface area contributed by atoms with Crippen LogP contribution in [0.4, 0.5) is 5.69 Å². The molecule has 6 nitrogen and oxygen atoms in total. The summed E-state index contributed by atoms with van der Waals surface area (Å²) >= 11 is 13.2. The van der Waals surface area contributed by atoms with Crippen LogP contribution < -0.4 is 10.6 Å². The molecule has 3 rings (SSSR count). The number of benzene rings is 2. The molecule has 0 aromatic heterocycles. The Hall–Kier alpha value is -2.35. The van der Waals surface area contributed by atoms with E-state index in [-0.39, 0.29) is 18.2 Å². The van der Waals surface area contributed by atoms with E-state index < -0.39 is 5.25 Å². The van der Waals surface area contributed by atoms with Gasteiger partial charge >= 0.3 is 0 Å². The summed E-state index contributed by atoms with van der Waals surface area (Å²) in [5.41, 5.74) is 1.30. The van der Waals surface area contributed by atoms with Crippen LogP contribution in [0.3, 0.4) is 0 Å². The van der Waals surface area contributed by atoms with Crippen molar-refractivity contribution in [3.8, 4) is 0 Å². The van der Waals surface area contributed by atoms with Crippen LogP contribution in [0.2, 0.25) is 10.0 Å². The van der Waals surface area contributed by atoms with Crippen LogP contribution in [-0.2, 0) is 9.59 Å². The third-order valence-corrected chi connectivity index (χ3v) is 5.44. The van der Waals surface area contributed by atoms with Gasteiger partial charge in [-0.1, -0.05) is 65.3 Å². The van der Waals surface area contributed by atoms with Gasteiger partial charge in [0.2, 0.25) is 11.8 Å². The van der Waals surface area contributed by atoms with E-state index in [0.29, 0.717) is 26.5 Å². The van der Waals surface area contributed by atoms with Crippen molar-refractivity contribution in [3.63, 3.8) is 0 Å². The Balaban J connectivity index is 1.58. The van der Waals surface area contributed by atoms with Gasteiger partial charge in [-0.3, -0.25) is 9.59 Å². The highest BCUT2D eigenvalue weighted by molar-refractivity contribution is 8.15. The van der Waals surface area contributed by atoms with E-state index in [2.05, 4.69) is 20.8 Å². The maximum atomic E-state index is 12.1. The molecule has 1 heterocycles. The van der Waals surface area contributed by atoms with Crippen LogP contribution in [0.15, 0.2) is 58.7 Å². The van der Waals surface area contributed by atoms with Crippen LogP contribution in [0.25, 0.3) is 0 Å². The van der Waals surface area contributed by atoms with Gasteiger partial charge < -0.3 is 10.6 Å². The second-order valence-electron chi connectivity index (χ2n) is 5.51. The summed E-state index contributed by atoms with van der Waals surface area (Å²) < 4.78 is 0. The molecule has 0 bridgehead atoms. The van der Waals surface area contributed by atoms with Gasteiger partial charge in [-0.05, 0) is 18.2 Å². The lowest BCUT2D eigenvalue weighted by atomic mass is 10.2. The van der Waals surface area contributed by atoms with E-state index in [0.717, 1.165) is 11.8 Å². The Morgan fingerprint density at radius 2 is 1.96 bits per heavy atom. The molecule has 1 atom stereocenters. The summed E-state index contributed by atoms with van der Waals surface area (Å²) in [6, 6.07) is 14.2. The highest BCUT2D eigenvalue weighted by Gasteiger charge is 2.32. The molecule has 2 N–H and O–H groups in total. The van der Waals surface area contributed by atoms with Crippen molar-refractivity contribution in [3.05, 3.63) is 64.1 Å². The van der Waals surface area contributed by atoms with Crippen LogP contribution >= 0.6 is 35.0 Å². The van der Waals surface area contributed by atoms with Gasteiger partial charge in [0.25, 0.3) is 0 Å². The SMILES string of the molecule is O=C(C[C@H]1S/C(=N\N=C/c2cccc(Cl)c2Cl)NC1=O)Nc1ccccc1. The second-order valence-corrected chi connectivity index (χ2v) is 7.48. The molecule has 0 unspecified atom stereocenters. The first kappa shape index (κ1) is 19.4. The topological polar surface area (TPSA) is 82.9 Å². The largest absolute Gasteiger partial charge is 0.326 e. The number of hydrogen-bond donors (Lipinski definition) is 2. The number of anilines is 1. The third kappa shape index (κ3) is 5.32. The molecule has 1 fully saturated rings. The zero-order chi connectivity index (χ0) is 19.2. The van der Waals surface area contributed by atoms with E-state index >= 15 is 0 Å². The maximum absolute atomic E-state index is 12.1. The van der Waals surface area contributed by atoms with Crippen molar-refractivity contribution >= 4 is 63.8 Å². The Labute approximate surface area is 170 Å². The predicted octanol–water partition coefficient (Wildman–Crippen LogP) is 3.94. The fourth-order valence-corrected chi connectivity index (χ4v) is 3.53. The molecular formula is C18H14Cl2N4O2S. The Morgan fingerprint density at radius 3 is 2.74 bits per heavy atom. The fraction of sp³-hybridized carbons (Fsp3) is 0.111. The van der Waals surface area contributed by atoms with E-state index in [9.17, 15) is 9.59 Å². The van der Waals surface area contributed by atoms with Crippen LogP contribution in [0.1, 0.15) is 12.0 Å². The minimum Gasteiger partial charge on any atom is -0.326 e. The van der Waals surface area contributed by atoms with E-state index in [4.69, 9.17) is 23.2 Å². The summed E-state index contributed by atoms with van der Waals surface area (Å²) in [4.78, 5) is 24.1. The lowest BCUT2D eigenvalue weighted by Gasteiger charge is -2.06. The van der Waals surface area contributed by atoms with E-state index in [1.165, 1.54) is 6.21 Å². The summed E-state index contributed by atoms with van der Waals surface area (Å²) in [6.45, 7) is 0. The summed E-state index contributed by atoms with van der Waals surface area (Å²) in [5, 5.41) is 13.8. The van der Waals surface area contributed by atoms with Gasteiger partial charge in [-0.25, -0.2) is 0 Å². The molecule has 0 saturated carbocycles. The molecule has 1 aliphatic rings. The number of thioether (sulfide) groups is 1. The quantitative estimate of drug-likeness (QED) is 0.567. The number of halogens is 2. The van der Waals surface area contributed by atoms with Crippen LogP contribution in [0, 0.1) is 0 Å². The lowest BCUT2D eigenvalue weighted by molar-refractivity contribution is -0.122. The molecule has 0 aliphatic carbocycles. The van der Waals surface area contributed by atoms with Gasteiger partial charge in [-0.15, -0.1) is 5.10 Å². The van der Waals surface area contributed by atoms with Crippen molar-refractivity contribution in [2.24, 2.45) is 10.2 Å². The van der Waals surface area contributed by atoms with Crippen molar-refractivity contribution in [2.75, 3.05) is 5.32 Å². The Kier molecular flexibility index (Phi) is 6.49. The minimum atomic E-state index is -0.558. The predicted molar refractivity (Wildman–Crippen MR) is 111 cm³/mol. The highest BCUT2D eigenvalue weighted by Crippen LogP contribution is 2.25. The highest BCUT2D eigenvalue weighted by atomic mass is 35.5. The molecule has 2 aromatic carbocycles. The van der Waals surface area contributed by atoms with Gasteiger partial charge in [-0.2, -0.15) is 5.10 Å². The fourth-order valence-electron chi connectivity index (χ4n) is 2.25. The number of carbonyl (C=O) groups excluding carboxylic acids is 2. The van der Waals surface area contributed by atoms with Gasteiger partial charge in [0, 0.05) is 17.7 Å². The van der Waals surface area contributed by atoms with Crippen molar-refractivity contribution < 1.29 is 9.59 Å². The molecule has 1 saturated heterocycles. The smallest absolute Gasteiger partial charge is 0.240 e. The number of rotatable bonds is 5. The van der Waals surface area contributed by atoms with Crippen molar-refractivity contribution in [1.82, 2.24) is 5.32 Å². The monoisotopic (exact) mass is 420 g/mol. The number of para-hydroxylation sites is 1. The number of amidine groups is 1. The molecule has 1 aliphatic heterocycles. The second kappa shape index (κ2) is 9.03. The van der Waals surface area contributed by atoms with Crippen molar-refractivity contribution in [1.29, 1.82) is 0 Å². The average molecular weight is 421 g/mol. The number of hydrogen-bond acceptors (Lipinski definition) is 5. The summed E-state index contributed by atoms with van der Waals surface area (Å²) in [6.07, 6.45) is 1.48. The van der Waals surface area contributed by atoms with Gasteiger partial charge in [0.1, 0.15) is 5.25 Å². The zero-order valence-corrected chi connectivity index (χ0v) is 16.2. The Morgan fingerprint density at radius 1 is 1.19 bits per heavy atom. The molecule has 2 aromatic rings. The summed E-state index contributed by atoms with van der Waals surface area (Å²) in [5.74, 6) is -0.526. The van der Waals surface area contributed by atoms with E-state index in [1.54, 1.807) is 30.3 Å². The minimum absolute atomic E-state index is 0.0360. The number of amides is 2.